The van der Waals surface area contributed by atoms with Crippen LogP contribution >= 0.6 is 15.9 Å². The molecule has 3 heteroatoms. The molecule has 0 spiro atoms. The molecule has 0 atom stereocenters. The van der Waals surface area contributed by atoms with Crippen LogP contribution in [0.3, 0.4) is 0 Å². The van der Waals surface area contributed by atoms with Crippen LogP contribution in [0.1, 0.15) is 30.5 Å². The molecule has 0 bridgehead atoms. The van der Waals surface area contributed by atoms with Gasteiger partial charge in [-0.2, -0.15) is 0 Å². The molecule has 0 heterocycles. The SMILES string of the molecule is Cc1cc(Oc2ccc(Br)cc2C)ccc1CNC(C)C. The summed E-state index contributed by atoms with van der Waals surface area (Å²) < 4.78 is 7.05. The zero-order valence-corrected chi connectivity index (χ0v) is 14.6. The van der Waals surface area contributed by atoms with E-state index >= 15 is 0 Å². The second kappa shape index (κ2) is 7.10. The Labute approximate surface area is 135 Å². The van der Waals surface area contributed by atoms with Gasteiger partial charge >= 0.3 is 0 Å². The van der Waals surface area contributed by atoms with Crippen molar-refractivity contribution in [1.82, 2.24) is 5.32 Å². The Hall–Kier alpha value is -1.32. The average molecular weight is 348 g/mol. The molecular weight excluding hydrogens is 326 g/mol. The number of halogens is 1. The van der Waals surface area contributed by atoms with Gasteiger partial charge in [-0.15, -0.1) is 0 Å². The fourth-order valence-electron chi connectivity index (χ4n) is 2.10. The molecule has 0 saturated carbocycles. The molecule has 2 aromatic rings. The molecule has 0 unspecified atom stereocenters. The highest BCUT2D eigenvalue weighted by Crippen LogP contribution is 2.28. The van der Waals surface area contributed by atoms with E-state index in [4.69, 9.17) is 4.74 Å². The van der Waals surface area contributed by atoms with Crippen molar-refractivity contribution in [3.63, 3.8) is 0 Å². The van der Waals surface area contributed by atoms with Gasteiger partial charge in [0.15, 0.2) is 0 Å². The fourth-order valence-corrected chi connectivity index (χ4v) is 2.57. The third-order valence-corrected chi connectivity index (χ3v) is 3.87. The van der Waals surface area contributed by atoms with E-state index in [9.17, 15) is 0 Å². The third kappa shape index (κ3) is 4.58. The van der Waals surface area contributed by atoms with Gasteiger partial charge in [0.2, 0.25) is 0 Å². The molecule has 1 N–H and O–H groups in total. The topological polar surface area (TPSA) is 21.3 Å². The molecule has 0 amide bonds. The van der Waals surface area contributed by atoms with Crippen LogP contribution in [0.4, 0.5) is 0 Å². The van der Waals surface area contributed by atoms with Crippen LogP contribution in [-0.2, 0) is 6.54 Å². The zero-order chi connectivity index (χ0) is 15.4. The number of nitrogens with one attached hydrogen (secondary N) is 1. The van der Waals surface area contributed by atoms with E-state index in [1.165, 1.54) is 11.1 Å². The Morgan fingerprint density at radius 1 is 1.05 bits per heavy atom. The second-order valence-electron chi connectivity index (χ2n) is 5.64. The lowest BCUT2D eigenvalue weighted by Crippen LogP contribution is -2.22. The van der Waals surface area contributed by atoms with E-state index in [1.807, 2.05) is 25.1 Å². The molecule has 0 fully saturated rings. The zero-order valence-electron chi connectivity index (χ0n) is 13.0. The minimum Gasteiger partial charge on any atom is -0.457 e. The molecule has 112 valence electrons. The quantitative estimate of drug-likeness (QED) is 0.786. The van der Waals surface area contributed by atoms with Crippen LogP contribution in [0.2, 0.25) is 0 Å². The summed E-state index contributed by atoms with van der Waals surface area (Å²) in [6.07, 6.45) is 0. The molecule has 0 aliphatic rings. The predicted octanol–water partition coefficient (Wildman–Crippen LogP) is 5.36. The van der Waals surface area contributed by atoms with E-state index in [0.717, 1.165) is 28.1 Å². The summed E-state index contributed by atoms with van der Waals surface area (Å²) in [6.45, 7) is 9.37. The lowest BCUT2D eigenvalue weighted by molar-refractivity contribution is 0.478. The second-order valence-corrected chi connectivity index (χ2v) is 6.55. The Morgan fingerprint density at radius 2 is 1.81 bits per heavy atom. The van der Waals surface area contributed by atoms with Gasteiger partial charge in [-0.3, -0.25) is 0 Å². The standard InChI is InChI=1S/C18H22BrNO/c1-12(2)20-11-15-5-7-17(10-13(15)3)21-18-8-6-16(19)9-14(18)4/h5-10,12,20H,11H2,1-4H3. The normalized spacial score (nSPS) is 11.0. The van der Waals surface area contributed by atoms with Crippen molar-refractivity contribution in [2.75, 3.05) is 0 Å². The molecular formula is C18H22BrNO. The maximum absolute atomic E-state index is 5.98. The fraction of sp³-hybridized carbons (Fsp3) is 0.333. The van der Waals surface area contributed by atoms with Gasteiger partial charge in [-0.1, -0.05) is 35.8 Å². The number of ether oxygens (including phenoxy) is 1. The lowest BCUT2D eigenvalue weighted by Gasteiger charge is -2.13. The van der Waals surface area contributed by atoms with Crippen LogP contribution < -0.4 is 10.1 Å². The number of benzene rings is 2. The van der Waals surface area contributed by atoms with Crippen molar-refractivity contribution < 1.29 is 4.74 Å². The minimum absolute atomic E-state index is 0.491. The number of aryl methyl sites for hydroxylation is 2. The predicted molar refractivity (Wildman–Crippen MR) is 92.1 cm³/mol. The van der Waals surface area contributed by atoms with Gasteiger partial charge in [0.25, 0.3) is 0 Å². The smallest absolute Gasteiger partial charge is 0.130 e. The Balaban J connectivity index is 2.12. The van der Waals surface area contributed by atoms with E-state index in [2.05, 4.69) is 60.2 Å². The van der Waals surface area contributed by atoms with E-state index in [0.29, 0.717) is 6.04 Å². The molecule has 0 aromatic heterocycles. The van der Waals surface area contributed by atoms with Gasteiger partial charge in [-0.25, -0.2) is 0 Å². The monoisotopic (exact) mass is 347 g/mol. The van der Waals surface area contributed by atoms with Crippen LogP contribution in [0.15, 0.2) is 40.9 Å². The highest BCUT2D eigenvalue weighted by atomic mass is 79.9. The number of hydrogen-bond donors (Lipinski definition) is 1. The highest BCUT2D eigenvalue weighted by Gasteiger charge is 2.05. The van der Waals surface area contributed by atoms with Crippen molar-refractivity contribution in [2.24, 2.45) is 0 Å². The lowest BCUT2D eigenvalue weighted by atomic mass is 10.1. The summed E-state index contributed by atoms with van der Waals surface area (Å²) in [4.78, 5) is 0. The van der Waals surface area contributed by atoms with Gasteiger partial charge in [0, 0.05) is 17.1 Å². The van der Waals surface area contributed by atoms with E-state index in [-0.39, 0.29) is 0 Å². The van der Waals surface area contributed by atoms with Gasteiger partial charge in [0.1, 0.15) is 11.5 Å². The van der Waals surface area contributed by atoms with Crippen molar-refractivity contribution in [3.05, 3.63) is 57.6 Å². The minimum atomic E-state index is 0.491. The summed E-state index contributed by atoms with van der Waals surface area (Å²) in [5.41, 5.74) is 3.67. The molecule has 0 saturated heterocycles. The third-order valence-electron chi connectivity index (χ3n) is 3.38. The maximum Gasteiger partial charge on any atom is 0.130 e. The highest BCUT2D eigenvalue weighted by molar-refractivity contribution is 9.10. The summed E-state index contributed by atoms with van der Waals surface area (Å²) in [7, 11) is 0. The molecule has 2 nitrogen and oxygen atoms in total. The van der Waals surface area contributed by atoms with Crippen molar-refractivity contribution in [1.29, 1.82) is 0 Å². The summed E-state index contributed by atoms with van der Waals surface area (Å²) in [5, 5.41) is 3.44. The first-order chi connectivity index (χ1) is 9.95. The van der Waals surface area contributed by atoms with Gasteiger partial charge in [-0.05, 0) is 60.9 Å². The summed E-state index contributed by atoms with van der Waals surface area (Å²) >= 11 is 3.47. The summed E-state index contributed by atoms with van der Waals surface area (Å²) in [5.74, 6) is 1.77. The Bertz CT molecular complexity index is 623. The molecule has 2 rings (SSSR count). The molecule has 2 aromatic carbocycles. The molecule has 0 aliphatic carbocycles. The van der Waals surface area contributed by atoms with Crippen LogP contribution in [0.25, 0.3) is 0 Å². The van der Waals surface area contributed by atoms with Crippen molar-refractivity contribution in [2.45, 2.75) is 40.3 Å². The largest absolute Gasteiger partial charge is 0.457 e. The molecule has 0 aliphatic heterocycles. The van der Waals surface area contributed by atoms with E-state index < -0.39 is 0 Å². The molecule has 21 heavy (non-hydrogen) atoms. The Kier molecular flexibility index (Phi) is 5.43. The first-order valence-corrected chi connectivity index (χ1v) is 8.02. The summed E-state index contributed by atoms with van der Waals surface area (Å²) in [6, 6.07) is 12.8. The van der Waals surface area contributed by atoms with Gasteiger partial charge in [0.05, 0.1) is 0 Å². The number of hydrogen-bond acceptors (Lipinski definition) is 2. The first-order valence-electron chi connectivity index (χ1n) is 7.22. The number of rotatable bonds is 5. The average Bonchev–Trinajstić information content (AvgIpc) is 2.41. The first kappa shape index (κ1) is 16.1. The van der Waals surface area contributed by atoms with Crippen LogP contribution in [0, 0.1) is 13.8 Å². The van der Waals surface area contributed by atoms with Crippen molar-refractivity contribution in [3.8, 4) is 11.5 Å². The van der Waals surface area contributed by atoms with Crippen molar-refractivity contribution >= 4 is 15.9 Å². The maximum atomic E-state index is 5.98. The molecule has 0 radical (unpaired) electrons. The Morgan fingerprint density at radius 3 is 2.43 bits per heavy atom. The van der Waals surface area contributed by atoms with E-state index in [1.54, 1.807) is 0 Å². The van der Waals surface area contributed by atoms with Crippen LogP contribution in [0.5, 0.6) is 11.5 Å². The van der Waals surface area contributed by atoms with Crippen LogP contribution in [-0.4, -0.2) is 6.04 Å². The van der Waals surface area contributed by atoms with Gasteiger partial charge < -0.3 is 10.1 Å².